The van der Waals surface area contributed by atoms with Gasteiger partial charge in [0.2, 0.25) is 0 Å². The van der Waals surface area contributed by atoms with Gasteiger partial charge in [-0.1, -0.05) is 23.2 Å². The summed E-state index contributed by atoms with van der Waals surface area (Å²) >= 11 is 5.94. The van der Waals surface area contributed by atoms with Gasteiger partial charge in [0.1, 0.15) is 5.82 Å². The molecule has 1 aromatic carbocycles. The van der Waals surface area contributed by atoms with Crippen molar-refractivity contribution in [2.45, 2.75) is 25.8 Å². The van der Waals surface area contributed by atoms with Crippen LogP contribution in [0.4, 0.5) is 4.39 Å². The Morgan fingerprint density at radius 3 is 2.81 bits per heavy atom. The van der Waals surface area contributed by atoms with E-state index in [9.17, 15) is 4.39 Å². The van der Waals surface area contributed by atoms with Crippen LogP contribution in [0.15, 0.2) is 30.4 Å². The first-order chi connectivity index (χ1) is 7.52. The van der Waals surface area contributed by atoms with Crippen LogP contribution >= 0.6 is 11.6 Å². The molecule has 0 aliphatic carbocycles. The number of halogens is 2. The van der Waals surface area contributed by atoms with Crippen molar-refractivity contribution in [2.75, 3.05) is 0 Å². The lowest BCUT2D eigenvalue weighted by Gasteiger charge is -2.16. The van der Waals surface area contributed by atoms with Gasteiger partial charge in [0.25, 0.3) is 0 Å². The van der Waals surface area contributed by atoms with Crippen LogP contribution in [-0.2, 0) is 6.42 Å². The molecule has 88 valence electrons. The Bertz CT molecular complexity index is 379. The van der Waals surface area contributed by atoms with Crippen LogP contribution < -0.4 is 11.3 Å². The Kier molecular flexibility index (Phi) is 4.93. The van der Waals surface area contributed by atoms with Crippen LogP contribution in [0.5, 0.6) is 0 Å². The highest BCUT2D eigenvalue weighted by Gasteiger charge is 2.10. The summed E-state index contributed by atoms with van der Waals surface area (Å²) in [6.45, 7) is 5.77. The Hall–Kier alpha value is -0.900. The zero-order valence-corrected chi connectivity index (χ0v) is 10.0. The third-order valence-electron chi connectivity index (χ3n) is 2.31. The van der Waals surface area contributed by atoms with E-state index in [4.69, 9.17) is 17.4 Å². The molecular weight excluding hydrogens is 227 g/mol. The number of benzene rings is 1. The normalized spacial score (nSPS) is 12.5. The average molecular weight is 243 g/mol. The monoisotopic (exact) mass is 242 g/mol. The first-order valence-corrected chi connectivity index (χ1v) is 5.45. The molecule has 1 rings (SSSR count). The maximum Gasteiger partial charge on any atom is 0.124 e. The molecule has 3 N–H and O–H groups in total. The largest absolute Gasteiger partial charge is 0.271 e. The van der Waals surface area contributed by atoms with Gasteiger partial charge >= 0.3 is 0 Å². The van der Waals surface area contributed by atoms with Crippen LogP contribution in [0.1, 0.15) is 18.9 Å². The van der Waals surface area contributed by atoms with Crippen LogP contribution in [0.25, 0.3) is 0 Å². The minimum Gasteiger partial charge on any atom is -0.271 e. The van der Waals surface area contributed by atoms with E-state index in [-0.39, 0.29) is 11.9 Å². The fraction of sp³-hybridized carbons (Fsp3) is 0.333. The van der Waals surface area contributed by atoms with E-state index in [0.29, 0.717) is 11.4 Å². The van der Waals surface area contributed by atoms with E-state index < -0.39 is 0 Å². The number of hydrogen-bond donors (Lipinski definition) is 2. The van der Waals surface area contributed by atoms with E-state index in [2.05, 4.69) is 12.0 Å². The van der Waals surface area contributed by atoms with Gasteiger partial charge in [-0.15, -0.1) is 6.58 Å². The van der Waals surface area contributed by atoms with Gasteiger partial charge in [-0.05, 0) is 37.5 Å². The van der Waals surface area contributed by atoms with Gasteiger partial charge in [-0.25, -0.2) is 4.39 Å². The maximum absolute atomic E-state index is 12.8. The number of nitrogens with one attached hydrogen (secondary N) is 1. The van der Waals surface area contributed by atoms with E-state index in [0.717, 1.165) is 17.6 Å². The molecule has 0 saturated carbocycles. The quantitative estimate of drug-likeness (QED) is 0.473. The van der Waals surface area contributed by atoms with Crippen molar-refractivity contribution in [3.05, 3.63) is 46.8 Å². The van der Waals surface area contributed by atoms with Crippen LogP contribution in [0, 0.1) is 5.82 Å². The molecule has 0 spiro atoms. The lowest BCUT2D eigenvalue weighted by atomic mass is 10.0. The summed E-state index contributed by atoms with van der Waals surface area (Å²) in [6, 6.07) is 4.46. The third kappa shape index (κ3) is 3.93. The molecular formula is C12H16ClFN2. The fourth-order valence-electron chi connectivity index (χ4n) is 1.56. The Morgan fingerprint density at radius 1 is 1.62 bits per heavy atom. The molecule has 0 fully saturated rings. The van der Waals surface area contributed by atoms with Crippen molar-refractivity contribution >= 4 is 11.6 Å². The predicted octanol–water partition coefficient (Wildman–Crippen LogP) is 2.82. The zero-order valence-electron chi connectivity index (χ0n) is 9.26. The van der Waals surface area contributed by atoms with Crippen molar-refractivity contribution in [3.8, 4) is 0 Å². The van der Waals surface area contributed by atoms with Crippen molar-refractivity contribution in [3.63, 3.8) is 0 Å². The van der Waals surface area contributed by atoms with Gasteiger partial charge in [0.05, 0.1) is 0 Å². The summed E-state index contributed by atoms with van der Waals surface area (Å²) in [7, 11) is 0. The van der Waals surface area contributed by atoms with Crippen molar-refractivity contribution < 1.29 is 4.39 Å². The molecule has 0 aromatic heterocycles. The highest BCUT2D eigenvalue weighted by molar-refractivity contribution is 6.31. The highest BCUT2D eigenvalue weighted by atomic mass is 35.5. The number of hydrazine groups is 1. The smallest absolute Gasteiger partial charge is 0.124 e. The molecule has 0 heterocycles. The maximum atomic E-state index is 12.8. The lowest BCUT2D eigenvalue weighted by molar-refractivity contribution is 0.520. The zero-order chi connectivity index (χ0) is 12.1. The average Bonchev–Trinajstić information content (AvgIpc) is 2.20. The molecule has 0 bridgehead atoms. The van der Waals surface area contributed by atoms with Crippen molar-refractivity contribution in [1.29, 1.82) is 0 Å². The molecule has 0 aliphatic rings. The molecule has 2 nitrogen and oxygen atoms in total. The van der Waals surface area contributed by atoms with Gasteiger partial charge in [0, 0.05) is 11.1 Å². The summed E-state index contributed by atoms with van der Waals surface area (Å²) < 4.78 is 12.8. The summed E-state index contributed by atoms with van der Waals surface area (Å²) in [5, 5.41) is 0.432. The molecule has 16 heavy (non-hydrogen) atoms. The summed E-state index contributed by atoms with van der Waals surface area (Å²) in [5.74, 6) is 5.11. The molecule has 0 amide bonds. The van der Waals surface area contributed by atoms with Gasteiger partial charge in [0.15, 0.2) is 0 Å². The fourth-order valence-corrected chi connectivity index (χ4v) is 1.81. The SMILES string of the molecule is C=C(C)CC(Cc1ccc(F)cc1Cl)NN. The van der Waals surface area contributed by atoms with E-state index in [1.54, 1.807) is 6.07 Å². The minimum atomic E-state index is -0.328. The van der Waals surface area contributed by atoms with E-state index >= 15 is 0 Å². The topological polar surface area (TPSA) is 38.0 Å². The van der Waals surface area contributed by atoms with Crippen LogP contribution in [0.3, 0.4) is 0 Å². The molecule has 1 atom stereocenters. The summed E-state index contributed by atoms with van der Waals surface area (Å²) in [4.78, 5) is 0. The van der Waals surface area contributed by atoms with Gasteiger partial charge in [-0.3, -0.25) is 11.3 Å². The second-order valence-electron chi connectivity index (χ2n) is 3.96. The number of nitrogens with two attached hydrogens (primary N) is 1. The molecule has 1 unspecified atom stereocenters. The molecule has 4 heteroatoms. The van der Waals surface area contributed by atoms with E-state index in [1.807, 2.05) is 6.92 Å². The van der Waals surface area contributed by atoms with Gasteiger partial charge in [-0.2, -0.15) is 0 Å². The summed E-state index contributed by atoms with van der Waals surface area (Å²) in [6.07, 6.45) is 1.42. The third-order valence-corrected chi connectivity index (χ3v) is 2.66. The first kappa shape index (κ1) is 13.2. The Morgan fingerprint density at radius 2 is 2.31 bits per heavy atom. The summed E-state index contributed by atoms with van der Waals surface area (Å²) in [5.41, 5.74) is 4.63. The number of hydrogen-bond acceptors (Lipinski definition) is 2. The van der Waals surface area contributed by atoms with Crippen molar-refractivity contribution in [1.82, 2.24) is 5.43 Å². The first-order valence-electron chi connectivity index (χ1n) is 5.07. The lowest BCUT2D eigenvalue weighted by Crippen LogP contribution is -2.36. The second-order valence-corrected chi connectivity index (χ2v) is 4.37. The second kappa shape index (κ2) is 5.99. The molecule has 1 aromatic rings. The Labute approximate surface area is 100 Å². The van der Waals surface area contributed by atoms with Crippen molar-refractivity contribution in [2.24, 2.45) is 5.84 Å². The molecule has 0 saturated heterocycles. The number of rotatable bonds is 5. The van der Waals surface area contributed by atoms with E-state index in [1.165, 1.54) is 12.1 Å². The Balaban J connectivity index is 2.73. The molecule has 0 aliphatic heterocycles. The highest BCUT2D eigenvalue weighted by Crippen LogP contribution is 2.20. The van der Waals surface area contributed by atoms with Gasteiger partial charge < -0.3 is 0 Å². The van der Waals surface area contributed by atoms with Crippen LogP contribution in [-0.4, -0.2) is 6.04 Å². The van der Waals surface area contributed by atoms with Crippen LogP contribution in [0.2, 0.25) is 5.02 Å². The standard InChI is InChI=1S/C12H16ClFN2/c1-8(2)5-11(16-15)6-9-3-4-10(14)7-12(9)13/h3-4,7,11,16H,1,5-6,15H2,2H3. The minimum absolute atomic E-state index is 0.0699. The molecule has 0 radical (unpaired) electrons. The predicted molar refractivity (Wildman–Crippen MR) is 65.7 cm³/mol.